The molecule has 7 nitrogen and oxygen atoms in total. The second-order valence-corrected chi connectivity index (χ2v) is 12.1. The van der Waals surface area contributed by atoms with Crippen molar-refractivity contribution >= 4 is 10.8 Å². The lowest BCUT2D eigenvalue weighted by Crippen LogP contribution is -2.47. The molecule has 2 aliphatic carbocycles. The minimum absolute atomic E-state index is 0. The zero-order valence-corrected chi connectivity index (χ0v) is 20.1. The average molecular weight is 498 g/mol. The fraction of sp³-hybridized carbons (Fsp3) is 0.696. The first kappa shape index (κ1) is 23.9. The molecule has 0 bridgehead atoms. The molecule has 1 spiro atoms. The van der Waals surface area contributed by atoms with Crippen LogP contribution in [0.3, 0.4) is 0 Å². The van der Waals surface area contributed by atoms with Gasteiger partial charge in [-0.15, -0.1) is 0 Å². The van der Waals surface area contributed by atoms with E-state index in [9.17, 15) is 17.4 Å². The van der Waals surface area contributed by atoms with Crippen LogP contribution in [0.5, 0.6) is 0 Å². The number of fused-ring (bicyclic) bond motifs is 1. The van der Waals surface area contributed by atoms with Crippen molar-refractivity contribution in [2.24, 2.45) is 17.3 Å². The van der Waals surface area contributed by atoms with Crippen LogP contribution in [0.1, 0.15) is 56.6 Å². The van der Waals surface area contributed by atoms with Crippen LogP contribution in [0, 0.1) is 17.3 Å². The van der Waals surface area contributed by atoms with E-state index in [1.54, 1.807) is 0 Å². The van der Waals surface area contributed by atoms with E-state index in [4.69, 9.17) is 0 Å². The minimum Gasteiger partial charge on any atom is -0.412 e. The van der Waals surface area contributed by atoms with E-state index >= 15 is 0 Å². The van der Waals surface area contributed by atoms with Crippen LogP contribution in [0.25, 0.3) is 11.4 Å². The van der Waals surface area contributed by atoms with E-state index in [1.807, 2.05) is 10.7 Å². The van der Waals surface area contributed by atoms with Crippen molar-refractivity contribution in [3.05, 3.63) is 29.8 Å². The van der Waals surface area contributed by atoms with Crippen LogP contribution in [-0.4, -0.2) is 65.0 Å². The molecule has 2 saturated carbocycles. The average Bonchev–Trinajstić information content (AvgIpc) is 3.20. The molecule has 2 aromatic heterocycles. The SMILES string of the molecule is CC(C)n1nc(-c2ccnc(C(F)(F)F)n2)cc1C1[C@H]2CC(N3CCC4(C3)CS(=O)C4)C[C@@H]12.O. The first-order valence-electron chi connectivity index (χ1n) is 11.7. The lowest BCUT2D eigenvalue weighted by Gasteiger charge is -2.38. The van der Waals surface area contributed by atoms with Crippen LogP contribution >= 0.6 is 0 Å². The third-order valence-electron chi connectivity index (χ3n) is 8.11. The monoisotopic (exact) mass is 497 g/mol. The first-order chi connectivity index (χ1) is 15.6. The molecular weight excluding hydrogens is 467 g/mol. The third kappa shape index (κ3) is 3.89. The maximum absolute atomic E-state index is 13.1. The molecule has 4 atom stereocenters. The smallest absolute Gasteiger partial charge is 0.412 e. The summed E-state index contributed by atoms with van der Waals surface area (Å²) in [4.78, 5) is 9.74. The van der Waals surface area contributed by atoms with Crippen molar-refractivity contribution in [3.8, 4) is 11.4 Å². The fourth-order valence-corrected chi connectivity index (χ4v) is 8.29. The molecule has 0 radical (unpaired) electrons. The molecule has 4 aliphatic rings. The molecule has 2 unspecified atom stereocenters. The molecule has 0 aromatic carbocycles. The zero-order chi connectivity index (χ0) is 23.1. The van der Waals surface area contributed by atoms with Gasteiger partial charge >= 0.3 is 6.18 Å². The topological polar surface area (TPSA) is 95.4 Å². The maximum Gasteiger partial charge on any atom is 0.451 e. The normalized spacial score (nSPS) is 34.8. The minimum atomic E-state index is -4.58. The number of hydrogen-bond donors (Lipinski definition) is 0. The number of rotatable bonds is 4. The lowest BCUT2D eigenvalue weighted by atomic mass is 9.91. The molecule has 0 amide bonds. The van der Waals surface area contributed by atoms with E-state index in [-0.39, 0.29) is 17.2 Å². The van der Waals surface area contributed by atoms with Crippen LogP contribution in [-0.2, 0) is 17.0 Å². The Bertz CT molecular complexity index is 1100. The van der Waals surface area contributed by atoms with Gasteiger partial charge in [0.05, 0.1) is 5.69 Å². The van der Waals surface area contributed by atoms with Gasteiger partial charge in [0.2, 0.25) is 5.82 Å². The van der Waals surface area contributed by atoms with Crippen LogP contribution in [0.2, 0.25) is 0 Å². The van der Waals surface area contributed by atoms with Crippen LogP contribution in [0.4, 0.5) is 13.2 Å². The fourth-order valence-electron chi connectivity index (χ4n) is 6.54. The Morgan fingerprint density at radius 2 is 1.88 bits per heavy atom. The standard InChI is InChI=1S/C23H28F3N5OS.H2O/c1-13(2)31-19(9-18(29-31)17-3-5-27-21(28-17)23(24,25)26)20-15-7-14(8-16(15)20)30-6-4-22(10-30)11-33(32)12-22;/h3,5,9,13-16,20H,4,6-8,10-12H2,1-2H3;1H2/t14?,15-,16+,20?,22?,33?;. The molecule has 2 saturated heterocycles. The quantitative estimate of drug-likeness (QED) is 0.647. The second-order valence-electron chi connectivity index (χ2n) is 10.7. The van der Waals surface area contributed by atoms with Crippen LogP contribution < -0.4 is 0 Å². The summed E-state index contributed by atoms with van der Waals surface area (Å²) in [6.07, 6.45) is 0.0782. The van der Waals surface area contributed by atoms with Gasteiger partial charge in [0.25, 0.3) is 0 Å². The maximum atomic E-state index is 13.1. The Morgan fingerprint density at radius 3 is 2.50 bits per heavy atom. The molecule has 4 fully saturated rings. The molecule has 4 heterocycles. The number of hydrogen-bond acceptors (Lipinski definition) is 5. The van der Waals surface area contributed by atoms with Crippen molar-refractivity contribution in [2.45, 2.75) is 57.3 Å². The summed E-state index contributed by atoms with van der Waals surface area (Å²) >= 11 is 0. The van der Waals surface area contributed by atoms with Gasteiger partial charge in [-0.3, -0.25) is 13.8 Å². The van der Waals surface area contributed by atoms with Gasteiger partial charge in [-0.2, -0.15) is 18.3 Å². The third-order valence-corrected chi connectivity index (χ3v) is 9.97. The predicted molar refractivity (Wildman–Crippen MR) is 121 cm³/mol. The van der Waals surface area contributed by atoms with E-state index in [0.29, 0.717) is 34.9 Å². The van der Waals surface area contributed by atoms with Gasteiger partial charge in [-0.05, 0) is 63.6 Å². The van der Waals surface area contributed by atoms with E-state index in [2.05, 4.69) is 33.8 Å². The summed E-state index contributed by atoms with van der Waals surface area (Å²) in [5, 5.41) is 4.65. The van der Waals surface area contributed by atoms with Gasteiger partial charge in [0, 0.05) is 64.2 Å². The number of alkyl halides is 3. The second kappa shape index (κ2) is 8.09. The summed E-state index contributed by atoms with van der Waals surface area (Å²) in [6.45, 7) is 6.31. The summed E-state index contributed by atoms with van der Waals surface area (Å²) in [6, 6.07) is 4.16. The lowest BCUT2D eigenvalue weighted by molar-refractivity contribution is -0.144. The molecule has 186 valence electrons. The molecule has 11 heteroatoms. The summed E-state index contributed by atoms with van der Waals surface area (Å²) in [7, 11) is -0.602. The van der Waals surface area contributed by atoms with E-state index in [0.717, 1.165) is 36.5 Å². The Labute approximate surface area is 198 Å². The van der Waals surface area contributed by atoms with E-state index in [1.165, 1.54) is 25.3 Å². The number of nitrogens with zero attached hydrogens (tertiary/aromatic N) is 5. The van der Waals surface area contributed by atoms with Crippen molar-refractivity contribution in [1.29, 1.82) is 0 Å². The van der Waals surface area contributed by atoms with Gasteiger partial charge in [-0.1, -0.05) is 0 Å². The highest BCUT2D eigenvalue weighted by atomic mass is 32.2. The Hall–Kier alpha value is -1.85. The largest absolute Gasteiger partial charge is 0.451 e. The van der Waals surface area contributed by atoms with Crippen molar-refractivity contribution < 1.29 is 22.9 Å². The summed E-state index contributed by atoms with van der Waals surface area (Å²) in [5.74, 6) is 2.26. The number of likely N-dealkylation sites (tertiary alicyclic amines) is 1. The van der Waals surface area contributed by atoms with Gasteiger partial charge < -0.3 is 5.48 Å². The van der Waals surface area contributed by atoms with Crippen molar-refractivity contribution in [3.63, 3.8) is 0 Å². The van der Waals surface area contributed by atoms with Gasteiger partial charge in [0.15, 0.2) is 0 Å². The first-order valence-corrected chi connectivity index (χ1v) is 13.2. The van der Waals surface area contributed by atoms with Crippen molar-refractivity contribution in [2.75, 3.05) is 24.6 Å². The highest BCUT2D eigenvalue weighted by molar-refractivity contribution is 7.86. The summed E-state index contributed by atoms with van der Waals surface area (Å²) in [5.41, 5.74) is 2.12. The van der Waals surface area contributed by atoms with Crippen molar-refractivity contribution in [1.82, 2.24) is 24.6 Å². The Balaban J connectivity index is 0.00000241. The summed E-state index contributed by atoms with van der Waals surface area (Å²) < 4.78 is 52.8. The number of halogens is 3. The van der Waals surface area contributed by atoms with E-state index < -0.39 is 22.8 Å². The van der Waals surface area contributed by atoms with Crippen LogP contribution in [0.15, 0.2) is 18.3 Å². The van der Waals surface area contributed by atoms with Gasteiger partial charge in [0.1, 0.15) is 5.69 Å². The molecule has 34 heavy (non-hydrogen) atoms. The Kier molecular flexibility index (Phi) is 5.68. The molecule has 2 N–H and O–H groups in total. The zero-order valence-electron chi connectivity index (χ0n) is 19.3. The molecule has 6 rings (SSSR count). The highest BCUT2D eigenvalue weighted by Crippen LogP contribution is 2.64. The molecule has 2 aliphatic heterocycles. The number of aromatic nitrogens is 4. The molecular formula is C23H30F3N5O2S. The predicted octanol–water partition coefficient (Wildman–Crippen LogP) is 3.06. The molecule has 2 aromatic rings. The highest BCUT2D eigenvalue weighted by Gasteiger charge is 2.60. The van der Waals surface area contributed by atoms with Gasteiger partial charge in [-0.25, -0.2) is 9.97 Å². The Morgan fingerprint density at radius 1 is 1.18 bits per heavy atom.